The Labute approximate surface area is 116 Å². The standard InChI is InChI=1S/C15H26N4/c1-2-14-3-5-15(6-4-14)13-19-12-11-18-10-9-17-8-7-16/h2-6,17-19H,1,7-13,16H2. The van der Waals surface area contributed by atoms with Crippen LogP contribution in [0.1, 0.15) is 11.1 Å². The van der Waals surface area contributed by atoms with Crippen LogP contribution in [0.4, 0.5) is 0 Å². The van der Waals surface area contributed by atoms with Gasteiger partial charge >= 0.3 is 0 Å². The number of rotatable bonds is 11. The van der Waals surface area contributed by atoms with Gasteiger partial charge in [-0.05, 0) is 11.1 Å². The zero-order valence-corrected chi connectivity index (χ0v) is 11.6. The third-order valence-corrected chi connectivity index (χ3v) is 2.82. The van der Waals surface area contributed by atoms with E-state index >= 15 is 0 Å². The molecule has 0 amide bonds. The van der Waals surface area contributed by atoms with Crippen molar-refractivity contribution in [3.8, 4) is 0 Å². The maximum absolute atomic E-state index is 5.38. The largest absolute Gasteiger partial charge is 0.329 e. The molecule has 0 bridgehead atoms. The molecule has 1 rings (SSSR count). The predicted octanol–water partition coefficient (Wildman–Crippen LogP) is 0.557. The van der Waals surface area contributed by atoms with E-state index in [1.54, 1.807) is 0 Å². The van der Waals surface area contributed by atoms with Crippen molar-refractivity contribution in [3.05, 3.63) is 42.0 Å². The maximum atomic E-state index is 5.38. The smallest absolute Gasteiger partial charge is 0.0206 e. The molecule has 1 aromatic carbocycles. The van der Waals surface area contributed by atoms with Gasteiger partial charge in [-0.3, -0.25) is 0 Å². The number of nitrogens with two attached hydrogens (primary N) is 1. The van der Waals surface area contributed by atoms with Crippen molar-refractivity contribution in [3.63, 3.8) is 0 Å². The molecule has 106 valence electrons. The van der Waals surface area contributed by atoms with E-state index in [0.29, 0.717) is 6.54 Å². The first-order chi connectivity index (χ1) is 9.36. The summed E-state index contributed by atoms with van der Waals surface area (Å²) in [5.41, 5.74) is 7.85. The van der Waals surface area contributed by atoms with Crippen molar-refractivity contribution in [2.75, 3.05) is 39.3 Å². The van der Waals surface area contributed by atoms with Gasteiger partial charge in [-0.25, -0.2) is 0 Å². The molecule has 0 aliphatic carbocycles. The summed E-state index contributed by atoms with van der Waals surface area (Å²) in [7, 11) is 0. The lowest BCUT2D eigenvalue weighted by Gasteiger charge is -2.07. The highest BCUT2D eigenvalue weighted by Gasteiger charge is 1.93. The Morgan fingerprint density at radius 2 is 1.47 bits per heavy atom. The Balaban J connectivity index is 1.96. The van der Waals surface area contributed by atoms with Gasteiger partial charge < -0.3 is 21.7 Å². The van der Waals surface area contributed by atoms with E-state index in [4.69, 9.17) is 5.73 Å². The van der Waals surface area contributed by atoms with E-state index in [2.05, 4.69) is 46.8 Å². The number of hydrogen-bond donors (Lipinski definition) is 4. The van der Waals surface area contributed by atoms with E-state index in [-0.39, 0.29) is 0 Å². The fourth-order valence-corrected chi connectivity index (χ4v) is 1.71. The molecule has 0 unspecified atom stereocenters. The highest BCUT2D eigenvalue weighted by atomic mass is 15.0. The fraction of sp³-hybridized carbons (Fsp3) is 0.467. The van der Waals surface area contributed by atoms with Gasteiger partial charge in [0.15, 0.2) is 0 Å². The summed E-state index contributed by atoms with van der Waals surface area (Å²) < 4.78 is 0. The topological polar surface area (TPSA) is 62.1 Å². The van der Waals surface area contributed by atoms with Gasteiger partial charge in [-0.15, -0.1) is 0 Å². The quantitative estimate of drug-likeness (QED) is 0.440. The second-order valence-electron chi connectivity index (χ2n) is 4.41. The zero-order chi connectivity index (χ0) is 13.8. The second kappa shape index (κ2) is 10.7. The lowest BCUT2D eigenvalue weighted by molar-refractivity contribution is 0.583. The van der Waals surface area contributed by atoms with E-state index in [9.17, 15) is 0 Å². The second-order valence-corrected chi connectivity index (χ2v) is 4.41. The van der Waals surface area contributed by atoms with Gasteiger partial charge in [0.1, 0.15) is 0 Å². The highest BCUT2D eigenvalue weighted by molar-refractivity contribution is 5.47. The molecular formula is C15H26N4. The van der Waals surface area contributed by atoms with Crippen LogP contribution < -0.4 is 21.7 Å². The average molecular weight is 262 g/mol. The first kappa shape index (κ1) is 15.9. The monoisotopic (exact) mass is 262 g/mol. The van der Waals surface area contributed by atoms with E-state index < -0.39 is 0 Å². The Morgan fingerprint density at radius 1 is 0.895 bits per heavy atom. The van der Waals surface area contributed by atoms with Gasteiger partial charge in [0.25, 0.3) is 0 Å². The number of benzene rings is 1. The third kappa shape index (κ3) is 7.74. The van der Waals surface area contributed by atoms with Crippen LogP contribution in [0.15, 0.2) is 30.8 Å². The van der Waals surface area contributed by atoms with E-state index in [0.717, 1.165) is 44.8 Å². The van der Waals surface area contributed by atoms with Gasteiger partial charge in [0, 0.05) is 45.8 Å². The molecule has 1 aromatic rings. The van der Waals surface area contributed by atoms with Crippen LogP contribution in [-0.4, -0.2) is 39.3 Å². The Kier molecular flexibility index (Phi) is 8.93. The van der Waals surface area contributed by atoms with Crippen molar-refractivity contribution < 1.29 is 0 Å². The van der Waals surface area contributed by atoms with Crippen molar-refractivity contribution in [1.29, 1.82) is 0 Å². The molecule has 0 saturated carbocycles. The van der Waals surface area contributed by atoms with Crippen molar-refractivity contribution in [1.82, 2.24) is 16.0 Å². The normalized spacial score (nSPS) is 10.6. The highest BCUT2D eigenvalue weighted by Crippen LogP contribution is 2.04. The van der Waals surface area contributed by atoms with Crippen molar-refractivity contribution >= 4 is 6.08 Å². The molecule has 0 aliphatic rings. The summed E-state index contributed by atoms with van der Waals surface area (Å²) in [6.07, 6.45) is 1.86. The van der Waals surface area contributed by atoms with E-state index in [1.165, 1.54) is 5.56 Å². The van der Waals surface area contributed by atoms with Crippen LogP contribution in [-0.2, 0) is 6.54 Å². The minimum atomic E-state index is 0.701. The third-order valence-electron chi connectivity index (χ3n) is 2.82. The summed E-state index contributed by atoms with van der Waals surface area (Å²) in [4.78, 5) is 0. The average Bonchev–Trinajstić information content (AvgIpc) is 2.46. The fourth-order valence-electron chi connectivity index (χ4n) is 1.71. The molecule has 0 spiro atoms. The van der Waals surface area contributed by atoms with Crippen LogP contribution in [0.25, 0.3) is 6.08 Å². The molecule has 19 heavy (non-hydrogen) atoms. The molecular weight excluding hydrogens is 236 g/mol. The van der Waals surface area contributed by atoms with Crippen molar-refractivity contribution in [2.45, 2.75) is 6.54 Å². The number of hydrogen-bond acceptors (Lipinski definition) is 4. The van der Waals surface area contributed by atoms with Crippen LogP contribution in [0.5, 0.6) is 0 Å². The Bertz CT molecular complexity index is 335. The van der Waals surface area contributed by atoms with E-state index in [1.807, 2.05) is 6.08 Å². The minimum absolute atomic E-state index is 0.701. The minimum Gasteiger partial charge on any atom is -0.329 e. The zero-order valence-electron chi connectivity index (χ0n) is 11.6. The van der Waals surface area contributed by atoms with Gasteiger partial charge in [0.2, 0.25) is 0 Å². The molecule has 0 atom stereocenters. The molecule has 0 fully saturated rings. The first-order valence-corrected chi connectivity index (χ1v) is 6.90. The molecule has 0 aromatic heterocycles. The summed E-state index contributed by atoms with van der Waals surface area (Å²) in [6, 6.07) is 8.44. The molecule has 4 heteroatoms. The van der Waals surface area contributed by atoms with Gasteiger partial charge in [0.05, 0.1) is 0 Å². The molecule has 0 heterocycles. The lowest BCUT2D eigenvalue weighted by atomic mass is 10.1. The van der Waals surface area contributed by atoms with Crippen molar-refractivity contribution in [2.24, 2.45) is 5.73 Å². The van der Waals surface area contributed by atoms with Crippen LogP contribution in [0.2, 0.25) is 0 Å². The summed E-state index contributed by atoms with van der Waals surface area (Å²) >= 11 is 0. The molecule has 0 saturated heterocycles. The SMILES string of the molecule is C=Cc1ccc(CNCCNCCNCCN)cc1. The summed E-state index contributed by atoms with van der Waals surface area (Å²) in [6.45, 7) is 10.2. The summed E-state index contributed by atoms with van der Waals surface area (Å²) in [5, 5.41) is 10.0. The van der Waals surface area contributed by atoms with Crippen LogP contribution in [0, 0.1) is 0 Å². The lowest BCUT2D eigenvalue weighted by Crippen LogP contribution is -2.34. The number of nitrogens with one attached hydrogen (secondary N) is 3. The molecule has 0 aliphatic heterocycles. The maximum Gasteiger partial charge on any atom is 0.0206 e. The predicted molar refractivity (Wildman–Crippen MR) is 83.0 cm³/mol. The van der Waals surface area contributed by atoms with Gasteiger partial charge in [-0.2, -0.15) is 0 Å². The Morgan fingerprint density at radius 3 is 2.05 bits per heavy atom. The first-order valence-electron chi connectivity index (χ1n) is 6.90. The molecule has 0 radical (unpaired) electrons. The van der Waals surface area contributed by atoms with Gasteiger partial charge in [-0.1, -0.05) is 36.9 Å². The molecule has 4 nitrogen and oxygen atoms in total. The van der Waals surface area contributed by atoms with Crippen LogP contribution >= 0.6 is 0 Å². The summed E-state index contributed by atoms with van der Waals surface area (Å²) in [5.74, 6) is 0. The molecule has 5 N–H and O–H groups in total. The van der Waals surface area contributed by atoms with Crippen LogP contribution in [0.3, 0.4) is 0 Å². The Hall–Kier alpha value is -1.20.